The minimum absolute atomic E-state index is 0.580. The first kappa shape index (κ1) is 15.4. The molecule has 4 nitrogen and oxygen atoms in total. The molecule has 0 saturated carbocycles. The molecule has 0 bridgehead atoms. The summed E-state index contributed by atoms with van der Waals surface area (Å²) in [6, 6.07) is 6.37. The summed E-state index contributed by atoms with van der Waals surface area (Å²) in [5, 5.41) is 10.5. The van der Waals surface area contributed by atoms with E-state index in [1.54, 1.807) is 0 Å². The molecule has 2 rings (SSSR count). The van der Waals surface area contributed by atoms with Crippen LogP contribution in [0.15, 0.2) is 18.2 Å². The van der Waals surface area contributed by atoms with E-state index < -0.39 is 5.60 Å². The lowest BCUT2D eigenvalue weighted by Crippen LogP contribution is -2.45. The quantitative estimate of drug-likeness (QED) is 0.855. The van der Waals surface area contributed by atoms with Gasteiger partial charge >= 0.3 is 0 Å². The molecule has 0 atom stereocenters. The van der Waals surface area contributed by atoms with E-state index in [0.29, 0.717) is 26.3 Å². The summed E-state index contributed by atoms with van der Waals surface area (Å²) in [6.45, 7) is 5.56. The van der Waals surface area contributed by atoms with Crippen LogP contribution < -0.4 is 5.73 Å². The van der Waals surface area contributed by atoms with E-state index in [2.05, 4.69) is 37.1 Å². The molecule has 0 spiro atoms. The fourth-order valence-corrected chi connectivity index (χ4v) is 2.82. The van der Waals surface area contributed by atoms with Gasteiger partial charge in [0.2, 0.25) is 0 Å². The highest BCUT2D eigenvalue weighted by Gasteiger charge is 2.30. The number of hydrogen-bond donors (Lipinski definition) is 2. The highest BCUT2D eigenvalue weighted by Crippen LogP contribution is 2.22. The molecule has 1 aliphatic heterocycles. The number of aryl methyl sites for hydroxylation is 1. The monoisotopic (exact) mass is 278 g/mol. The summed E-state index contributed by atoms with van der Waals surface area (Å²) < 4.78 is 5.32. The lowest BCUT2D eigenvalue weighted by Gasteiger charge is -2.35. The summed E-state index contributed by atoms with van der Waals surface area (Å²) in [4.78, 5) is 2.19. The molecular formula is C16H26N2O2. The standard InChI is InChI=1S/C16H26N2O2/c1-13-9-14(10-17)3-4-15(13)11-18(2)12-16(19)5-7-20-8-6-16/h3-4,9,19H,5-8,10-12,17H2,1-2H3. The molecule has 20 heavy (non-hydrogen) atoms. The van der Waals surface area contributed by atoms with E-state index in [-0.39, 0.29) is 0 Å². The number of rotatable bonds is 5. The predicted octanol–water partition coefficient (Wildman–Crippen LogP) is 1.43. The van der Waals surface area contributed by atoms with Crippen LogP contribution in [0.25, 0.3) is 0 Å². The van der Waals surface area contributed by atoms with Gasteiger partial charge in [0, 0.05) is 45.7 Å². The first-order chi connectivity index (χ1) is 9.52. The van der Waals surface area contributed by atoms with Gasteiger partial charge in [-0.15, -0.1) is 0 Å². The number of ether oxygens (including phenoxy) is 1. The zero-order valence-corrected chi connectivity index (χ0v) is 12.6. The van der Waals surface area contributed by atoms with Crippen molar-refractivity contribution < 1.29 is 9.84 Å². The van der Waals surface area contributed by atoms with Crippen molar-refractivity contribution in [3.63, 3.8) is 0 Å². The van der Waals surface area contributed by atoms with Crippen LogP contribution in [0.1, 0.15) is 29.5 Å². The third kappa shape index (κ3) is 4.03. The Morgan fingerprint density at radius 1 is 1.35 bits per heavy atom. The molecule has 1 saturated heterocycles. The molecule has 0 radical (unpaired) electrons. The number of likely N-dealkylation sites (N-methyl/N-ethyl adjacent to an activating group) is 1. The maximum absolute atomic E-state index is 10.5. The largest absolute Gasteiger partial charge is 0.388 e. The van der Waals surface area contributed by atoms with Gasteiger partial charge in [0.25, 0.3) is 0 Å². The number of nitrogens with zero attached hydrogens (tertiary/aromatic N) is 1. The third-order valence-corrected chi connectivity index (χ3v) is 4.07. The fraction of sp³-hybridized carbons (Fsp3) is 0.625. The van der Waals surface area contributed by atoms with Gasteiger partial charge in [0.05, 0.1) is 5.60 Å². The lowest BCUT2D eigenvalue weighted by atomic mass is 9.93. The molecule has 1 aliphatic rings. The van der Waals surface area contributed by atoms with Crippen LogP contribution in [0.2, 0.25) is 0 Å². The molecule has 1 aromatic carbocycles. The van der Waals surface area contributed by atoms with Gasteiger partial charge in [-0.1, -0.05) is 18.2 Å². The molecule has 3 N–H and O–H groups in total. The minimum Gasteiger partial charge on any atom is -0.388 e. The van der Waals surface area contributed by atoms with Crippen LogP contribution >= 0.6 is 0 Å². The molecule has 0 unspecified atom stereocenters. The van der Waals surface area contributed by atoms with Crippen LogP contribution in [0.4, 0.5) is 0 Å². The summed E-state index contributed by atoms with van der Waals surface area (Å²) >= 11 is 0. The molecule has 0 aromatic heterocycles. The van der Waals surface area contributed by atoms with Crippen LogP contribution in [-0.4, -0.2) is 42.4 Å². The van der Waals surface area contributed by atoms with Crippen LogP contribution in [-0.2, 0) is 17.8 Å². The van der Waals surface area contributed by atoms with Crippen LogP contribution in [0.3, 0.4) is 0 Å². The molecule has 112 valence electrons. The second-order valence-corrected chi connectivity index (χ2v) is 5.97. The van der Waals surface area contributed by atoms with Gasteiger partial charge in [-0.25, -0.2) is 0 Å². The van der Waals surface area contributed by atoms with Crippen molar-refractivity contribution in [1.29, 1.82) is 0 Å². The minimum atomic E-state index is -0.599. The maximum atomic E-state index is 10.5. The van der Waals surface area contributed by atoms with Gasteiger partial charge in [0.1, 0.15) is 0 Å². The number of benzene rings is 1. The highest BCUT2D eigenvalue weighted by molar-refractivity contribution is 5.31. The average Bonchev–Trinajstić information content (AvgIpc) is 2.41. The molecular weight excluding hydrogens is 252 g/mol. The number of hydrogen-bond acceptors (Lipinski definition) is 4. The van der Waals surface area contributed by atoms with Crippen molar-refractivity contribution in [1.82, 2.24) is 4.90 Å². The van der Waals surface area contributed by atoms with Crippen molar-refractivity contribution in [3.8, 4) is 0 Å². The van der Waals surface area contributed by atoms with E-state index in [1.165, 1.54) is 11.1 Å². The molecule has 4 heteroatoms. The molecule has 1 heterocycles. The Labute approximate surface area is 121 Å². The highest BCUT2D eigenvalue weighted by atomic mass is 16.5. The number of aliphatic hydroxyl groups is 1. The summed E-state index contributed by atoms with van der Waals surface area (Å²) in [6.07, 6.45) is 1.45. The Morgan fingerprint density at radius 2 is 2.05 bits per heavy atom. The first-order valence-corrected chi connectivity index (χ1v) is 7.29. The lowest BCUT2D eigenvalue weighted by molar-refractivity contribution is -0.0777. The maximum Gasteiger partial charge on any atom is 0.0817 e. The van der Waals surface area contributed by atoms with Crippen molar-refractivity contribution in [2.75, 3.05) is 26.8 Å². The van der Waals surface area contributed by atoms with E-state index in [4.69, 9.17) is 10.5 Å². The normalized spacial score (nSPS) is 18.4. The van der Waals surface area contributed by atoms with Gasteiger partial charge in [-0.2, -0.15) is 0 Å². The molecule has 1 fully saturated rings. The summed E-state index contributed by atoms with van der Waals surface area (Å²) in [5.74, 6) is 0. The van der Waals surface area contributed by atoms with E-state index >= 15 is 0 Å². The Morgan fingerprint density at radius 3 is 2.65 bits per heavy atom. The van der Waals surface area contributed by atoms with Crippen molar-refractivity contribution in [2.45, 2.75) is 38.5 Å². The van der Waals surface area contributed by atoms with E-state index in [9.17, 15) is 5.11 Å². The predicted molar refractivity (Wildman–Crippen MR) is 80.4 cm³/mol. The van der Waals surface area contributed by atoms with Crippen LogP contribution in [0.5, 0.6) is 0 Å². The third-order valence-electron chi connectivity index (χ3n) is 4.07. The Balaban J connectivity index is 1.95. The van der Waals surface area contributed by atoms with Crippen molar-refractivity contribution in [2.24, 2.45) is 5.73 Å². The van der Waals surface area contributed by atoms with Crippen LogP contribution in [0, 0.1) is 6.92 Å². The first-order valence-electron chi connectivity index (χ1n) is 7.29. The summed E-state index contributed by atoms with van der Waals surface area (Å²) in [5.41, 5.74) is 8.78. The Bertz CT molecular complexity index is 442. The second-order valence-electron chi connectivity index (χ2n) is 5.97. The van der Waals surface area contributed by atoms with E-state index in [1.807, 2.05) is 0 Å². The van der Waals surface area contributed by atoms with Gasteiger partial charge in [0.15, 0.2) is 0 Å². The molecule has 0 aliphatic carbocycles. The van der Waals surface area contributed by atoms with Crippen molar-refractivity contribution in [3.05, 3.63) is 34.9 Å². The smallest absolute Gasteiger partial charge is 0.0817 e. The zero-order valence-electron chi connectivity index (χ0n) is 12.6. The topological polar surface area (TPSA) is 58.7 Å². The second kappa shape index (κ2) is 6.68. The molecule has 0 amide bonds. The Hall–Kier alpha value is -0.940. The van der Waals surface area contributed by atoms with Gasteiger partial charge < -0.3 is 15.6 Å². The summed E-state index contributed by atoms with van der Waals surface area (Å²) in [7, 11) is 2.06. The van der Waals surface area contributed by atoms with Gasteiger partial charge in [-0.3, -0.25) is 4.90 Å². The fourth-order valence-electron chi connectivity index (χ4n) is 2.82. The zero-order chi connectivity index (χ0) is 14.6. The SMILES string of the molecule is Cc1cc(CN)ccc1CN(C)CC1(O)CCOCC1. The Kier molecular flexibility index (Phi) is 5.16. The average molecular weight is 278 g/mol. The van der Waals surface area contributed by atoms with E-state index in [0.717, 1.165) is 24.9 Å². The van der Waals surface area contributed by atoms with Gasteiger partial charge in [-0.05, 0) is 30.7 Å². The van der Waals surface area contributed by atoms with Crippen molar-refractivity contribution >= 4 is 0 Å². The molecule has 1 aromatic rings. The number of nitrogens with two attached hydrogens (primary N) is 1.